The van der Waals surface area contributed by atoms with Crippen molar-refractivity contribution in [2.75, 3.05) is 7.11 Å². The number of thiophene rings is 1. The standard InChI is InChI=1S/C25H22N4O2S/c1-17(30)29-23(15-22(26-29)24-9-6-14-32-24)21-16-28(19-7-4-3-5-8-19)27-25(21)18-10-12-20(31-2)13-11-18/h3-14,16,23H,15H2,1-2H3. The fourth-order valence-corrected chi connectivity index (χ4v) is 4.67. The Morgan fingerprint density at radius 2 is 1.84 bits per heavy atom. The Labute approximate surface area is 190 Å². The number of carbonyl (C=O) groups is 1. The summed E-state index contributed by atoms with van der Waals surface area (Å²) in [6, 6.07) is 21.6. The largest absolute Gasteiger partial charge is 0.497 e. The molecule has 5 rings (SSSR count). The number of para-hydroxylation sites is 1. The van der Waals surface area contributed by atoms with Gasteiger partial charge in [0.15, 0.2) is 0 Å². The third kappa shape index (κ3) is 3.71. The second-order valence-electron chi connectivity index (χ2n) is 7.55. The van der Waals surface area contributed by atoms with Crippen LogP contribution < -0.4 is 4.74 Å². The lowest BCUT2D eigenvalue weighted by atomic mass is 9.98. The van der Waals surface area contributed by atoms with Crippen LogP contribution in [0.3, 0.4) is 0 Å². The zero-order chi connectivity index (χ0) is 22.1. The van der Waals surface area contributed by atoms with E-state index >= 15 is 0 Å². The Kier molecular flexibility index (Phi) is 5.33. The molecule has 2 aromatic heterocycles. The van der Waals surface area contributed by atoms with Crippen molar-refractivity contribution in [1.29, 1.82) is 0 Å². The Morgan fingerprint density at radius 3 is 2.50 bits per heavy atom. The summed E-state index contributed by atoms with van der Waals surface area (Å²) in [6.45, 7) is 1.56. The van der Waals surface area contributed by atoms with Crippen LogP contribution >= 0.6 is 11.3 Å². The molecule has 0 radical (unpaired) electrons. The van der Waals surface area contributed by atoms with E-state index in [1.807, 2.05) is 83.0 Å². The molecule has 0 bridgehead atoms. The highest BCUT2D eigenvalue weighted by Gasteiger charge is 2.35. The highest BCUT2D eigenvalue weighted by Crippen LogP contribution is 2.39. The van der Waals surface area contributed by atoms with Crippen LogP contribution in [-0.2, 0) is 4.79 Å². The summed E-state index contributed by atoms with van der Waals surface area (Å²) in [5.74, 6) is 0.696. The number of aromatic nitrogens is 2. The van der Waals surface area contributed by atoms with Gasteiger partial charge in [-0.15, -0.1) is 11.3 Å². The zero-order valence-electron chi connectivity index (χ0n) is 17.8. The average molecular weight is 443 g/mol. The second-order valence-corrected chi connectivity index (χ2v) is 8.50. The first-order valence-corrected chi connectivity index (χ1v) is 11.2. The number of methoxy groups -OCH3 is 1. The van der Waals surface area contributed by atoms with Crippen LogP contribution in [0.1, 0.15) is 29.8 Å². The molecule has 1 unspecified atom stereocenters. The lowest BCUT2D eigenvalue weighted by Crippen LogP contribution is -2.24. The quantitative estimate of drug-likeness (QED) is 0.421. The predicted molar refractivity (Wildman–Crippen MR) is 126 cm³/mol. The van der Waals surface area contributed by atoms with Crippen LogP contribution in [0.25, 0.3) is 16.9 Å². The van der Waals surface area contributed by atoms with Crippen LogP contribution in [0.2, 0.25) is 0 Å². The molecule has 1 aliphatic heterocycles. The fraction of sp³-hybridized carbons (Fsp3) is 0.160. The molecule has 160 valence electrons. The third-order valence-electron chi connectivity index (χ3n) is 5.52. The van der Waals surface area contributed by atoms with Crippen molar-refractivity contribution in [2.45, 2.75) is 19.4 Å². The van der Waals surface area contributed by atoms with E-state index in [-0.39, 0.29) is 11.9 Å². The third-order valence-corrected chi connectivity index (χ3v) is 6.44. The van der Waals surface area contributed by atoms with Gasteiger partial charge in [-0.25, -0.2) is 9.69 Å². The van der Waals surface area contributed by atoms with Gasteiger partial charge in [-0.1, -0.05) is 24.3 Å². The molecule has 0 saturated heterocycles. The summed E-state index contributed by atoms with van der Waals surface area (Å²) >= 11 is 1.63. The molecule has 1 amide bonds. The lowest BCUT2D eigenvalue weighted by Gasteiger charge is -2.20. The maximum atomic E-state index is 12.5. The van der Waals surface area contributed by atoms with Crippen LogP contribution in [0.4, 0.5) is 0 Å². The molecule has 2 aromatic carbocycles. The Morgan fingerprint density at radius 1 is 1.06 bits per heavy atom. The summed E-state index contributed by atoms with van der Waals surface area (Å²) in [6.07, 6.45) is 2.66. The Balaban J connectivity index is 1.61. The smallest absolute Gasteiger partial charge is 0.240 e. The minimum Gasteiger partial charge on any atom is -0.497 e. The summed E-state index contributed by atoms with van der Waals surface area (Å²) in [4.78, 5) is 13.6. The van der Waals surface area contributed by atoms with E-state index in [0.29, 0.717) is 6.42 Å². The van der Waals surface area contributed by atoms with Gasteiger partial charge >= 0.3 is 0 Å². The topological polar surface area (TPSA) is 59.7 Å². The zero-order valence-corrected chi connectivity index (χ0v) is 18.6. The molecule has 1 atom stereocenters. The number of hydrazone groups is 1. The number of rotatable bonds is 5. The van der Waals surface area contributed by atoms with Crippen molar-refractivity contribution < 1.29 is 9.53 Å². The molecule has 32 heavy (non-hydrogen) atoms. The van der Waals surface area contributed by atoms with Gasteiger partial charge in [0, 0.05) is 30.7 Å². The van der Waals surface area contributed by atoms with Gasteiger partial charge in [0.2, 0.25) is 5.91 Å². The summed E-state index contributed by atoms with van der Waals surface area (Å²) < 4.78 is 7.19. The maximum Gasteiger partial charge on any atom is 0.240 e. The van der Waals surface area contributed by atoms with E-state index in [9.17, 15) is 4.79 Å². The second kappa shape index (κ2) is 8.43. The highest BCUT2D eigenvalue weighted by molar-refractivity contribution is 7.12. The van der Waals surface area contributed by atoms with Crippen LogP contribution in [0, 0.1) is 0 Å². The van der Waals surface area contributed by atoms with E-state index in [1.165, 1.54) is 0 Å². The van der Waals surface area contributed by atoms with Crippen molar-refractivity contribution >= 4 is 23.0 Å². The summed E-state index contributed by atoms with van der Waals surface area (Å²) in [5, 5.41) is 13.2. The number of ether oxygens (including phenoxy) is 1. The van der Waals surface area contributed by atoms with Gasteiger partial charge in [0.05, 0.1) is 35.1 Å². The molecule has 1 aliphatic rings. The molecule has 7 heteroatoms. The van der Waals surface area contributed by atoms with Crippen LogP contribution in [0.15, 0.2) is 83.4 Å². The maximum absolute atomic E-state index is 12.5. The molecule has 0 saturated carbocycles. The molecule has 4 aromatic rings. The van der Waals surface area contributed by atoms with Gasteiger partial charge < -0.3 is 4.74 Å². The SMILES string of the molecule is COc1ccc(-c2nn(-c3ccccc3)cc2C2CC(c3cccs3)=NN2C(C)=O)cc1. The number of benzene rings is 2. The van der Waals surface area contributed by atoms with E-state index in [2.05, 4.69) is 5.10 Å². The first kappa shape index (κ1) is 20.2. The van der Waals surface area contributed by atoms with E-state index in [4.69, 9.17) is 9.84 Å². The molecule has 0 spiro atoms. The fourth-order valence-electron chi connectivity index (χ4n) is 3.95. The van der Waals surface area contributed by atoms with E-state index in [0.717, 1.165) is 38.8 Å². The van der Waals surface area contributed by atoms with Gasteiger partial charge in [-0.2, -0.15) is 10.2 Å². The first-order chi connectivity index (χ1) is 15.6. The molecule has 0 aliphatic carbocycles. The first-order valence-electron chi connectivity index (χ1n) is 10.3. The van der Waals surface area contributed by atoms with Gasteiger partial charge in [-0.05, 0) is 47.8 Å². The van der Waals surface area contributed by atoms with Crippen molar-refractivity contribution in [3.8, 4) is 22.7 Å². The van der Waals surface area contributed by atoms with Gasteiger partial charge in [0.25, 0.3) is 0 Å². The lowest BCUT2D eigenvalue weighted by molar-refractivity contribution is -0.130. The van der Waals surface area contributed by atoms with Gasteiger partial charge in [-0.3, -0.25) is 4.79 Å². The molecule has 6 nitrogen and oxygen atoms in total. The average Bonchev–Trinajstić information content (AvgIpc) is 3.58. The monoisotopic (exact) mass is 442 g/mol. The summed E-state index contributed by atoms with van der Waals surface area (Å²) in [7, 11) is 1.65. The van der Waals surface area contributed by atoms with E-state index in [1.54, 1.807) is 30.4 Å². The Bertz CT molecular complexity index is 1260. The van der Waals surface area contributed by atoms with Crippen molar-refractivity contribution in [1.82, 2.24) is 14.8 Å². The van der Waals surface area contributed by atoms with Crippen molar-refractivity contribution in [3.05, 3.63) is 88.7 Å². The van der Waals surface area contributed by atoms with Crippen LogP contribution in [0.5, 0.6) is 5.75 Å². The number of amides is 1. The molecule has 0 N–H and O–H groups in total. The molecule has 0 fully saturated rings. The highest BCUT2D eigenvalue weighted by atomic mass is 32.1. The van der Waals surface area contributed by atoms with Crippen LogP contribution in [-0.4, -0.2) is 33.5 Å². The van der Waals surface area contributed by atoms with Crippen molar-refractivity contribution in [2.24, 2.45) is 5.10 Å². The van der Waals surface area contributed by atoms with Crippen molar-refractivity contribution in [3.63, 3.8) is 0 Å². The molecular weight excluding hydrogens is 420 g/mol. The number of carbonyl (C=O) groups excluding carboxylic acids is 1. The molecular formula is C25H22N4O2S. The minimum absolute atomic E-state index is 0.0882. The number of nitrogens with zero attached hydrogens (tertiary/aromatic N) is 4. The Hall–Kier alpha value is -3.71. The van der Waals surface area contributed by atoms with E-state index < -0.39 is 0 Å². The minimum atomic E-state index is -0.223. The van der Waals surface area contributed by atoms with Gasteiger partial charge in [0.1, 0.15) is 5.75 Å². The summed E-state index contributed by atoms with van der Waals surface area (Å²) in [5.41, 5.74) is 4.64. The predicted octanol–water partition coefficient (Wildman–Crippen LogP) is 5.31. The molecule has 3 heterocycles. The number of hydrogen-bond donors (Lipinski definition) is 0. The number of hydrogen-bond acceptors (Lipinski definition) is 5. The normalized spacial score (nSPS) is 15.6.